The van der Waals surface area contributed by atoms with Crippen LogP contribution in [0.5, 0.6) is 0 Å². The van der Waals surface area contributed by atoms with Gasteiger partial charge in [-0.15, -0.1) is 24.0 Å². The summed E-state index contributed by atoms with van der Waals surface area (Å²) in [6, 6.07) is 1.06. The standard InChI is InChI=1S/C14H30N4.HI/c1-5-12(4)17-14(15)16-9-13-7-6-8-18(10-13)11(2)3;/h11-13H,5-10H2,1-4H3,(H3,15,16,17);1H. The quantitative estimate of drug-likeness (QED) is 0.436. The first-order valence-corrected chi connectivity index (χ1v) is 7.33. The minimum absolute atomic E-state index is 0. The van der Waals surface area contributed by atoms with Gasteiger partial charge in [0.15, 0.2) is 5.96 Å². The second-order valence-electron chi connectivity index (χ2n) is 5.78. The molecule has 1 rings (SSSR count). The van der Waals surface area contributed by atoms with Crippen molar-refractivity contribution in [2.24, 2.45) is 16.6 Å². The predicted octanol–water partition coefficient (Wildman–Crippen LogP) is 2.43. The van der Waals surface area contributed by atoms with Gasteiger partial charge in [0.25, 0.3) is 0 Å². The Bertz CT molecular complexity index is 268. The first-order chi connectivity index (χ1) is 8.52. The summed E-state index contributed by atoms with van der Waals surface area (Å²) in [5, 5.41) is 3.22. The second kappa shape index (κ2) is 9.80. The van der Waals surface area contributed by atoms with Gasteiger partial charge in [-0.2, -0.15) is 0 Å². The Hall–Kier alpha value is -0.0400. The molecule has 2 unspecified atom stereocenters. The molecular formula is C14H31IN4. The topological polar surface area (TPSA) is 53.6 Å². The molecule has 2 atom stereocenters. The van der Waals surface area contributed by atoms with Crippen LogP contribution in [0.3, 0.4) is 0 Å². The Morgan fingerprint density at radius 2 is 2.11 bits per heavy atom. The van der Waals surface area contributed by atoms with Crippen molar-refractivity contribution in [3.8, 4) is 0 Å². The van der Waals surface area contributed by atoms with Gasteiger partial charge in [-0.25, -0.2) is 0 Å². The second-order valence-corrected chi connectivity index (χ2v) is 5.78. The molecule has 1 saturated heterocycles. The highest BCUT2D eigenvalue weighted by Crippen LogP contribution is 2.18. The van der Waals surface area contributed by atoms with Crippen molar-refractivity contribution in [2.45, 2.75) is 59.0 Å². The highest BCUT2D eigenvalue weighted by Gasteiger charge is 2.21. The van der Waals surface area contributed by atoms with Crippen LogP contribution < -0.4 is 11.1 Å². The van der Waals surface area contributed by atoms with E-state index >= 15 is 0 Å². The smallest absolute Gasteiger partial charge is 0.188 e. The third kappa shape index (κ3) is 7.34. The van der Waals surface area contributed by atoms with Crippen LogP contribution in [0.2, 0.25) is 0 Å². The van der Waals surface area contributed by atoms with Gasteiger partial charge in [0.05, 0.1) is 0 Å². The van der Waals surface area contributed by atoms with E-state index in [9.17, 15) is 0 Å². The Kier molecular flexibility index (Phi) is 9.78. The molecule has 4 nitrogen and oxygen atoms in total. The van der Waals surface area contributed by atoms with Crippen molar-refractivity contribution in [1.29, 1.82) is 0 Å². The average molecular weight is 382 g/mol. The zero-order valence-electron chi connectivity index (χ0n) is 12.9. The lowest BCUT2D eigenvalue weighted by molar-refractivity contribution is 0.143. The van der Waals surface area contributed by atoms with Crippen molar-refractivity contribution in [1.82, 2.24) is 10.2 Å². The molecule has 0 aliphatic carbocycles. The minimum atomic E-state index is 0. The van der Waals surface area contributed by atoms with Gasteiger partial charge in [-0.3, -0.25) is 4.99 Å². The summed E-state index contributed by atoms with van der Waals surface area (Å²) in [6.07, 6.45) is 3.64. The van der Waals surface area contributed by atoms with Crippen LogP contribution in [0.1, 0.15) is 47.0 Å². The van der Waals surface area contributed by atoms with Gasteiger partial charge in [0.2, 0.25) is 0 Å². The normalized spacial score (nSPS) is 23.0. The van der Waals surface area contributed by atoms with Crippen LogP contribution in [0, 0.1) is 5.92 Å². The van der Waals surface area contributed by atoms with Gasteiger partial charge in [-0.1, -0.05) is 6.92 Å². The maximum Gasteiger partial charge on any atom is 0.188 e. The number of hydrogen-bond donors (Lipinski definition) is 2. The van der Waals surface area contributed by atoms with Gasteiger partial charge in [-0.05, 0) is 52.5 Å². The number of rotatable bonds is 5. The molecular weight excluding hydrogens is 351 g/mol. The van der Waals surface area contributed by atoms with Crippen LogP contribution in [-0.4, -0.2) is 42.6 Å². The fourth-order valence-corrected chi connectivity index (χ4v) is 2.34. The summed E-state index contributed by atoms with van der Waals surface area (Å²) < 4.78 is 0. The van der Waals surface area contributed by atoms with Crippen molar-refractivity contribution < 1.29 is 0 Å². The number of nitrogens with two attached hydrogens (primary N) is 1. The Morgan fingerprint density at radius 1 is 1.42 bits per heavy atom. The molecule has 5 heteroatoms. The van der Waals surface area contributed by atoms with E-state index < -0.39 is 0 Å². The summed E-state index contributed by atoms with van der Waals surface area (Å²) >= 11 is 0. The summed E-state index contributed by atoms with van der Waals surface area (Å²) in [5.41, 5.74) is 5.89. The number of guanidine groups is 1. The molecule has 0 aromatic carbocycles. The van der Waals surface area contributed by atoms with E-state index in [1.54, 1.807) is 0 Å². The highest BCUT2D eigenvalue weighted by atomic mass is 127. The molecule has 19 heavy (non-hydrogen) atoms. The maximum absolute atomic E-state index is 5.89. The van der Waals surface area contributed by atoms with E-state index in [1.165, 1.54) is 19.4 Å². The van der Waals surface area contributed by atoms with Gasteiger partial charge < -0.3 is 16.0 Å². The molecule has 0 spiro atoms. The van der Waals surface area contributed by atoms with Crippen LogP contribution in [-0.2, 0) is 0 Å². The summed E-state index contributed by atoms with van der Waals surface area (Å²) in [5.74, 6) is 1.27. The zero-order valence-corrected chi connectivity index (χ0v) is 15.2. The van der Waals surface area contributed by atoms with Gasteiger partial charge in [0.1, 0.15) is 0 Å². The molecule has 1 heterocycles. The van der Waals surface area contributed by atoms with E-state index in [2.05, 4.69) is 42.9 Å². The van der Waals surface area contributed by atoms with E-state index in [0.29, 0.717) is 24.0 Å². The Balaban J connectivity index is 0.00000324. The fourth-order valence-electron chi connectivity index (χ4n) is 2.34. The summed E-state index contributed by atoms with van der Waals surface area (Å²) in [7, 11) is 0. The lowest BCUT2D eigenvalue weighted by Gasteiger charge is -2.34. The number of nitrogens with one attached hydrogen (secondary N) is 1. The first kappa shape index (κ1) is 19.0. The van der Waals surface area contributed by atoms with E-state index in [0.717, 1.165) is 19.5 Å². The van der Waals surface area contributed by atoms with Crippen LogP contribution in [0.4, 0.5) is 0 Å². The van der Waals surface area contributed by atoms with Crippen molar-refractivity contribution in [2.75, 3.05) is 19.6 Å². The van der Waals surface area contributed by atoms with Gasteiger partial charge in [0, 0.05) is 25.2 Å². The number of nitrogens with zero attached hydrogens (tertiary/aromatic N) is 2. The van der Waals surface area contributed by atoms with Crippen molar-refractivity contribution in [3.63, 3.8) is 0 Å². The number of likely N-dealkylation sites (tertiary alicyclic amines) is 1. The minimum Gasteiger partial charge on any atom is -0.370 e. The third-order valence-electron chi connectivity index (χ3n) is 3.81. The molecule has 114 valence electrons. The van der Waals surface area contributed by atoms with E-state index in [4.69, 9.17) is 5.73 Å². The summed E-state index contributed by atoms with van der Waals surface area (Å²) in [6.45, 7) is 12.1. The lowest BCUT2D eigenvalue weighted by atomic mass is 9.97. The zero-order chi connectivity index (χ0) is 13.5. The Labute approximate surface area is 135 Å². The van der Waals surface area contributed by atoms with E-state index in [1.807, 2.05) is 0 Å². The lowest BCUT2D eigenvalue weighted by Crippen LogP contribution is -2.42. The van der Waals surface area contributed by atoms with Crippen LogP contribution >= 0.6 is 24.0 Å². The monoisotopic (exact) mass is 382 g/mol. The SMILES string of the molecule is CCC(C)NC(N)=NCC1CCCN(C(C)C)C1.I. The Morgan fingerprint density at radius 3 is 2.68 bits per heavy atom. The molecule has 1 aliphatic rings. The van der Waals surface area contributed by atoms with E-state index in [-0.39, 0.29) is 24.0 Å². The molecule has 1 fully saturated rings. The molecule has 1 aliphatic heterocycles. The first-order valence-electron chi connectivity index (χ1n) is 7.33. The molecule has 0 radical (unpaired) electrons. The average Bonchev–Trinajstić information content (AvgIpc) is 2.36. The predicted molar refractivity (Wildman–Crippen MR) is 94.2 cm³/mol. The van der Waals surface area contributed by atoms with Crippen molar-refractivity contribution in [3.05, 3.63) is 0 Å². The largest absolute Gasteiger partial charge is 0.370 e. The number of piperidine rings is 1. The van der Waals surface area contributed by atoms with Crippen LogP contribution in [0.25, 0.3) is 0 Å². The number of hydrogen-bond acceptors (Lipinski definition) is 2. The fraction of sp³-hybridized carbons (Fsp3) is 0.929. The third-order valence-corrected chi connectivity index (χ3v) is 3.81. The molecule has 3 N–H and O–H groups in total. The molecule has 0 aromatic rings. The van der Waals surface area contributed by atoms with Crippen LogP contribution in [0.15, 0.2) is 4.99 Å². The van der Waals surface area contributed by atoms with Gasteiger partial charge >= 0.3 is 0 Å². The maximum atomic E-state index is 5.89. The van der Waals surface area contributed by atoms with Crippen molar-refractivity contribution >= 4 is 29.9 Å². The number of aliphatic imine (C=N–C) groups is 1. The molecule has 0 aromatic heterocycles. The molecule has 0 bridgehead atoms. The highest BCUT2D eigenvalue weighted by molar-refractivity contribution is 14.0. The summed E-state index contributed by atoms with van der Waals surface area (Å²) in [4.78, 5) is 7.03. The molecule has 0 amide bonds. The number of halogens is 1. The molecule has 0 saturated carbocycles.